The fraction of sp³-hybridized carbons (Fsp3) is 0.0417. The predicted octanol–water partition coefficient (Wildman–Crippen LogP) is 6.86. The molecule has 3 aromatic carbocycles. The Morgan fingerprint density at radius 1 is 1.09 bits per heavy atom. The molecule has 0 saturated carbocycles. The topological polar surface area (TPSA) is 83.8 Å². The molecule has 0 unspecified atom stereocenters. The number of anilines is 1. The highest BCUT2D eigenvalue weighted by molar-refractivity contribution is 9.10. The van der Waals surface area contributed by atoms with Crippen LogP contribution in [0.5, 0.6) is 0 Å². The van der Waals surface area contributed by atoms with Crippen molar-refractivity contribution in [3.05, 3.63) is 87.5 Å². The van der Waals surface area contributed by atoms with Gasteiger partial charge in [0.2, 0.25) is 5.89 Å². The lowest BCUT2D eigenvalue weighted by atomic mass is 10.1. The van der Waals surface area contributed by atoms with Gasteiger partial charge in [0, 0.05) is 26.3 Å². The van der Waals surface area contributed by atoms with Gasteiger partial charge in [0.05, 0.1) is 17.5 Å². The third-order valence-electron chi connectivity index (χ3n) is 5.08. The van der Waals surface area contributed by atoms with Crippen molar-refractivity contribution in [2.75, 3.05) is 5.32 Å². The first-order chi connectivity index (χ1) is 15.5. The summed E-state index contributed by atoms with van der Waals surface area (Å²) in [6, 6.07) is 18.4. The highest BCUT2D eigenvalue weighted by Gasteiger charge is 2.16. The zero-order valence-corrected chi connectivity index (χ0v) is 19.2. The minimum absolute atomic E-state index is 0.157. The first kappa shape index (κ1) is 20.5. The van der Waals surface area contributed by atoms with Crippen LogP contribution in [0.3, 0.4) is 0 Å². The molecule has 0 fully saturated rings. The van der Waals surface area contributed by atoms with E-state index in [0.717, 1.165) is 26.9 Å². The van der Waals surface area contributed by atoms with E-state index in [1.165, 1.54) is 0 Å². The fourth-order valence-electron chi connectivity index (χ4n) is 3.48. The predicted molar refractivity (Wildman–Crippen MR) is 129 cm³/mol. The minimum Gasteiger partial charge on any atom is -0.436 e. The van der Waals surface area contributed by atoms with Crippen LogP contribution in [0.25, 0.3) is 33.8 Å². The van der Waals surface area contributed by atoms with Crippen LogP contribution in [0.1, 0.15) is 15.9 Å². The molecule has 0 bridgehead atoms. The highest BCUT2D eigenvalue weighted by Crippen LogP contribution is 2.33. The SMILES string of the molecule is Cc1cc(Br)ccc1C(=O)Nc1ccc(-c2[nH]ncc2-c2nc3cc(Cl)ccc3o2)cc1. The van der Waals surface area contributed by atoms with E-state index in [1.54, 1.807) is 30.5 Å². The number of aryl methyl sites for hydroxylation is 1. The molecule has 0 saturated heterocycles. The van der Waals surface area contributed by atoms with E-state index in [2.05, 4.69) is 36.4 Å². The maximum absolute atomic E-state index is 12.6. The lowest BCUT2D eigenvalue weighted by molar-refractivity contribution is 0.102. The Morgan fingerprint density at radius 3 is 2.69 bits per heavy atom. The summed E-state index contributed by atoms with van der Waals surface area (Å²) in [6.45, 7) is 1.91. The van der Waals surface area contributed by atoms with Crippen molar-refractivity contribution < 1.29 is 9.21 Å². The largest absolute Gasteiger partial charge is 0.436 e. The maximum Gasteiger partial charge on any atom is 0.255 e. The van der Waals surface area contributed by atoms with Gasteiger partial charge in [-0.05, 0) is 61.0 Å². The number of nitrogens with one attached hydrogen (secondary N) is 2. The molecule has 0 aliphatic rings. The number of fused-ring (bicyclic) bond motifs is 1. The zero-order chi connectivity index (χ0) is 22.2. The third kappa shape index (κ3) is 3.92. The number of aromatic amines is 1. The molecule has 0 aliphatic heterocycles. The summed E-state index contributed by atoms with van der Waals surface area (Å²) in [4.78, 5) is 17.2. The second-order valence-corrected chi connectivity index (χ2v) is 8.63. The van der Waals surface area contributed by atoms with Gasteiger partial charge in [-0.3, -0.25) is 9.89 Å². The molecule has 32 heavy (non-hydrogen) atoms. The number of carbonyl (C=O) groups is 1. The molecule has 158 valence electrons. The van der Waals surface area contributed by atoms with E-state index in [-0.39, 0.29) is 5.91 Å². The van der Waals surface area contributed by atoms with E-state index in [4.69, 9.17) is 16.0 Å². The number of halogens is 2. The smallest absolute Gasteiger partial charge is 0.255 e. The van der Waals surface area contributed by atoms with Crippen LogP contribution in [-0.2, 0) is 0 Å². The molecule has 0 spiro atoms. The van der Waals surface area contributed by atoms with Crippen molar-refractivity contribution in [1.82, 2.24) is 15.2 Å². The van der Waals surface area contributed by atoms with Gasteiger partial charge in [0.1, 0.15) is 5.52 Å². The summed E-state index contributed by atoms with van der Waals surface area (Å²) in [5, 5.41) is 10.7. The number of hydrogen-bond donors (Lipinski definition) is 2. The van der Waals surface area contributed by atoms with Crippen molar-refractivity contribution in [2.24, 2.45) is 0 Å². The van der Waals surface area contributed by atoms with Crippen LogP contribution < -0.4 is 5.32 Å². The second kappa shape index (κ2) is 8.26. The van der Waals surface area contributed by atoms with Crippen molar-refractivity contribution >= 4 is 50.2 Å². The molecule has 6 nitrogen and oxygen atoms in total. The third-order valence-corrected chi connectivity index (χ3v) is 5.81. The molecule has 8 heteroatoms. The normalized spacial score (nSPS) is 11.1. The summed E-state index contributed by atoms with van der Waals surface area (Å²) < 4.78 is 6.82. The van der Waals surface area contributed by atoms with Gasteiger partial charge < -0.3 is 9.73 Å². The van der Waals surface area contributed by atoms with Gasteiger partial charge in [-0.2, -0.15) is 5.10 Å². The van der Waals surface area contributed by atoms with Gasteiger partial charge in [-0.15, -0.1) is 0 Å². The van der Waals surface area contributed by atoms with Crippen molar-refractivity contribution in [2.45, 2.75) is 6.92 Å². The van der Waals surface area contributed by atoms with Crippen molar-refractivity contribution in [3.8, 4) is 22.7 Å². The fourth-order valence-corrected chi connectivity index (χ4v) is 4.13. The number of rotatable bonds is 4. The van der Waals surface area contributed by atoms with Crippen molar-refractivity contribution in [1.29, 1.82) is 0 Å². The Bertz CT molecular complexity index is 1460. The Labute approximate surface area is 196 Å². The van der Waals surface area contributed by atoms with E-state index in [0.29, 0.717) is 33.3 Å². The quantitative estimate of drug-likeness (QED) is 0.278. The summed E-state index contributed by atoms with van der Waals surface area (Å²) in [5.74, 6) is 0.296. The molecule has 2 N–H and O–H groups in total. The van der Waals surface area contributed by atoms with Crippen molar-refractivity contribution in [3.63, 3.8) is 0 Å². The lowest BCUT2D eigenvalue weighted by Gasteiger charge is -2.09. The van der Waals surface area contributed by atoms with Gasteiger partial charge in [0.25, 0.3) is 5.91 Å². The Balaban J connectivity index is 1.40. The lowest BCUT2D eigenvalue weighted by Crippen LogP contribution is -2.13. The first-order valence-electron chi connectivity index (χ1n) is 9.76. The second-order valence-electron chi connectivity index (χ2n) is 7.28. The van der Waals surface area contributed by atoms with Crippen LogP contribution in [0.4, 0.5) is 5.69 Å². The van der Waals surface area contributed by atoms with Crippen LogP contribution >= 0.6 is 27.5 Å². The Morgan fingerprint density at radius 2 is 1.91 bits per heavy atom. The first-order valence-corrected chi connectivity index (χ1v) is 10.9. The van der Waals surface area contributed by atoms with Crippen LogP contribution in [0.2, 0.25) is 5.02 Å². The van der Waals surface area contributed by atoms with Gasteiger partial charge in [0.15, 0.2) is 5.58 Å². The highest BCUT2D eigenvalue weighted by atomic mass is 79.9. The molecule has 0 aliphatic carbocycles. The number of nitrogens with zero attached hydrogens (tertiary/aromatic N) is 2. The van der Waals surface area contributed by atoms with Crippen LogP contribution in [0, 0.1) is 6.92 Å². The van der Waals surface area contributed by atoms with Gasteiger partial charge in [-0.1, -0.05) is 39.7 Å². The van der Waals surface area contributed by atoms with E-state index in [1.807, 2.05) is 43.3 Å². The molecular weight excluding hydrogens is 492 g/mol. The molecule has 0 radical (unpaired) electrons. The Hall–Kier alpha value is -3.42. The molecule has 1 amide bonds. The van der Waals surface area contributed by atoms with E-state index in [9.17, 15) is 4.79 Å². The van der Waals surface area contributed by atoms with Crippen LogP contribution in [-0.4, -0.2) is 21.1 Å². The molecule has 0 atom stereocenters. The molecule has 2 aromatic heterocycles. The standard InChI is InChI=1S/C24H16BrClN4O2/c1-13-10-15(25)4-8-18(13)23(31)28-17-6-2-14(3-7-17)22-19(12-27-30-22)24-29-20-11-16(26)5-9-21(20)32-24/h2-12H,1H3,(H,27,30)(H,28,31). The monoisotopic (exact) mass is 506 g/mol. The minimum atomic E-state index is -0.157. The van der Waals surface area contributed by atoms with Crippen LogP contribution in [0.15, 0.2) is 75.8 Å². The summed E-state index contributed by atoms with van der Waals surface area (Å²) in [7, 11) is 0. The number of H-pyrrole nitrogens is 1. The summed E-state index contributed by atoms with van der Waals surface area (Å²) in [6.07, 6.45) is 1.67. The van der Waals surface area contributed by atoms with Gasteiger partial charge in [-0.25, -0.2) is 4.98 Å². The number of benzene rings is 3. The zero-order valence-electron chi connectivity index (χ0n) is 16.8. The summed E-state index contributed by atoms with van der Waals surface area (Å²) >= 11 is 9.47. The molecule has 5 rings (SSSR count). The number of aromatic nitrogens is 3. The average Bonchev–Trinajstić information content (AvgIpc) is 3.40. The molecule has 5 aromatic rings. The number of carbonyl (C=O) groups excluding carboxylic acids is 1. The summed E-state index contributed by atoms with van der Waals surface area (Å²) in [5.41, 5.74) is 5.94. The van der Waals surface area contributed by atoms with E-state index < -0.39 is 0 Å². The molecule has 2 heterocycles. The number of oxazole rings is 1. The number of hydrogen-bond acceptors (Lipinski definition) is 4. The Kier molecular flexibility index (Phi) is 5.28. The average molecular weight is 508 g/mol. The molecular formula is C24H16BrClN4O2. The maximum atomic E-state index is 12.6. The number of amides is 1. The van der Waals surface area contributed by atoms with E-state index >= 15 is 0 Å². The van der Waals surface area contributed by atoms with Gasteiger partial charge >= 0.3 is 0 Å².